The van der Waals surface area contributed by atoms with Crippen LogP contribution in [-0.2, 0) is 16.0 Å². The molecule has 2 rings (SSSR count). The Balaban J connectivity index is 1.67. The molecular formula is C22H37N3O3. The summed E-state index contributed by atoms with van der Waals surface area (Å²) >= 11 is 0. The van der Waals surface area contributed by atoms with Gasteiger partial charge in [0, 0.05) is 26.8 Å². The summed E-state index contributed by atoms with van der Waals surface area (Å²) in [5, 5.41) is 6.69. The molecule has 6 nitrogen and oxygen atoms in total. The maximum absolute atomic E-state index is 5.98. The monoisotopic (exact) mass is 391 g/mol. The maximum atomic E-state index is 5.98. The van der Waals surface area contributed by atoms with Gasteiger partial charge in [0.25, 0.3) is 0 Å². The molecule has 0 aliphatic heterocycles. The summed E-state index contributed by atoms with van der Waals surface area (Å²) < 4.78 is 16.6. The fraction of sp³-hybridized carbons (Fsp3) is 0.682. The molecule has 0 spiro atoms. The smallest absolute Gasteiger partial charge is 0.191 e. The molecule has 1 aromatic rings. The molecule has 1 aromatic carbocycles. The maximum Gasteiger partial charge on any atom is 0.191 e. The molecule has 28 heavy (non-hydrogen) atoms. The van der Waals surface area contributed by atoms with E-state index in [4.69, 9.17) is 14.2 Å². The Hall–Kier alpha value is -1.79. The van der Waals surface area contributed by atoms with Crippen molar-refractivity contribution in [2.75, 3.05) is 40.0 Å². The van der Waals surface area contributed by atoms with Crippen LogP contribution in [0.1, 0.15) is 51.0 Å². The van der Waals surface area contributed by atoms with Gasteiger partial charge >= 0.3 is 0 Å². The van der Waals surface area contributed by atoms with Crippen molar-refractivity contribution >= 4 is 5.96 Å². The highest BCUT2D eigenvalue weighted by Gasteiger charge is 2.12. The molecule has 1 fully saturated rings. The average Bonchev–Trinajstić information content (AvgIpc) is 2.73. The van der Waals surface area contributed by atoms with E-state index in [-0.39, 0.29) is 0 Å². The second kappa shape index (κ2) is 14.2. The van der Waals surface area contributed by atoms with Crippen LogP contribution in [0.2, 0.25) is 0 Å². The molecule has 1 saturated carbocycles. The van der Waals surface area contributed by atoms with E-state index in [1.54, 1.807) is 7.11 Å². The third-order valence-electron chi connectivity index (χ3n) is 4.76. The van der Waals surface area contributed by atoms with E-state index in [9.17, 15) is 0 Å². The normalized spacial score (nSPS) is 15.4. The van der Waals surface area contributed by atoms with Crippen LogP contribution >= 0.6 is 0 Å². The lowest BCUT2D eigenvalue weighted by Gasteiger charge is -2.22. The Labute approximate surface area is 170 Å². The number of nitrogens with zero attached hydrogens (tertiary/aromatic N) is 1. The lowest BCUT2D eigenvalue weighted by Crippen LogP contribution is -2.38. The molecule has 0 atom stereocenters. The lowest BCUT2D eigenvalue weighted by atomic mass is 9.98. The van der Waals surface area contributed by atoms with E-state index < -0.39 is 0 Å². The van der Waals surface area contributed by atoms with Crippen molar-refractivity contribution in [3.63, 3.8) is 0 Å². The number of hydrogen-bond acceptors (Lipinski definition) is 4. The van der Waals surface area contributed by atoms with Gasteiger partial charge < -0.3 is 24.8 Å². The quantitative estimate of drug-likeness (QED) is 0.324. The molecule has 2 N–H and O–H groups in total. The summed E-state index contributed by atoms with van der Waals surface area (Å²) in [6.45, 7) is 6.40. The first-order chi connectivity index (χ1) is 13.8. The van der Waals surface area contributed by atoms with Crippen molar-refractivity contribution < 1.29 is 14.2 Å². The minimum absolute atomic E-state index is 0.483. The number of guanidine groups is 1. The molecule has 0 radical (unpaired) electrons. The third kappa shape index (κ3) is 9.42. The van der Waals surface area contributed by atoms with Gasteiger partial charge in [-0.15, -0.1) is 0 Å². The number of nitrogens with one attached hydrogen (secondary N) is 2. The zero-order valence-electron chi connectivity index (χ0n) is 17.5. The van der Waals surface area contributed by atoms with E-state index in [2.05, 4.69) is 22.5 Å². The van der Waals surface area contributed by atoms with Gasteiger partial charge in [-0.3, -0.25) is 0 Å². The van der Waals surface area contributed by atoms with E-state index in [0.29, 0.717) is 25.9 Å². The highest BCUT2D eigenvalue weighted by Crippen LogP contribution is 2.20. The SMILES string of the molecule is CCNC(=NCc1ccc(OCCOC)cc1)NCCCOC1CCCCC1. The van der Waals surface area contributed by atoms with Gasteiger partial charge in [-0.1, -0.05) is 31.4 Å². The third-order valence-corrected chi connectivity index (χ3v) is 4.76. The van der Waals surface area contributed by atoms with Crippen molar-refractivity contribution in [3.8, 4) is 5.75 Å². The first-order valence-electron chi connectivity index (χ1n) is 10.7. The number of rotatable bonds is 12. The molecule has 0 bridgehead atoms. The van der Waals surface area contributed by atoms with Crippen LogP contribution in [0.4, 0.5) is 0 Å². The van der Waals surface area contributed by atoms with E-state index in [0.717, 1.165) is 43.4 Å². The molecular weight excluding hydrogens is 354 g/mol. The second-order valence-corrected chi connectivity index (χ2v) is 7.09. The predicted molar refractivity (Wildman–Crippen MR) is 114 cm³/mol. The summed E-state index contributed by atoms with van der Waals surface area (Å²) in [5.41, 5.74) is 1.15. The van der Waals surface area contributed by atoms with Gasteiger partial charge in [-0.2, -0.15) is 0 Å². The van der Waals surface area contributed by atoms with E-state index in [1.807, 2.05) is 24.3 Å². The molecule has 0 saturated heterocycles. The number of aliphatic imine (C=N–C) groups is 1. The van der Waals surface area contributed by atoms with Crippen LogP contribution < -0.4 is 15.4 Å². The lowest BCUT2D eigenvalue weighted by molar-refractivity contribution is 0.0277. The van der Waals surface area contributed by atoms with Crippen molar-refractivity contribution in [1.29, 1.82) is 0 Å². The van der Waals surface area contributed by atoms with Crippen LogP contribution in [-0.4, -0.2) is 52.1 Å². The molecule has 0 amide bonds. The van der Waals surface area contributed by atoms with Crippen molar-refractivity contribution in [1.82, 2.24) is 10.6 Å². The molecule has 0 heterocycles. The summed E-state index contributed by atoms with van der Waals surface area (Å²) in [6, 6.07) is 8.05. The summed E-state index contributed by atoms with van der Waals surface area (Å²) in [7, 11) is 1.67. The Morgan fingerprint density at radius 1 is 1.04 bits per heavy atom. The minimum atomic E-state index is 0.483. The zero-order chi connectivity index (χ0) is 19.9. The van der Waals surface area contributed by atoms with E-state index in [1.165, 1.54) is 32.1 Å². The van der Waals surface area contributed by atoms with Gasteiger partial charge in [0.1, 0.15) is 12.4 Å². The second-order valence-electron chi connectivity index (χ2n) is 7.09. The topological polar surface area (TPSA) is 64.1 Å². The zero-order valence-corrected chi connectivity index (χ0v) is 17.5. The minimum Gasteiger partial charge on any atom is -0.491 e. The van der Waals surface area contributed by atoms with Gasteiger partial charge in [-0.05, 0) is 43.9 Å². The van der Waals surface area contributed by atoms with Gasteiger partial charge in [-0.25, -0.2) is 4.99 Å². The molecule has 0 unspecified atom stereocenters. The van der Waals surface area contributed by atoms with Gasteiger partial charge in [0.15, 0.2) is 5.96 Å². The van der Waals surface area contributed by atoms with Crippen LogP contribution in [0.5, 0.6) is 5.75 Å². The first kappa shape index (κ1) is 22.5. The van der Waals surface area contributed by atoms with Crippen LogP contribution in [0.25, 0.3) is 0 Å². The fourth-order valence-corrected chi connectivity index (χ4v) is 3.21. The number of benzene rings is 1. The Morgan fingerprint density at radius 2 is 1.82 bits per heavy atom. The highest BCUT2D eigenvalue weighted by atomic mass is 16.5. The molecule has 1 aliphatic carbocycles. The Morgan fingerprint density at radius 3 is 2.54 bits per heavy atom. The van der Waals surface area contributed by atoms with E-state index >= 15 is 0 Å². The van der Waals surface area contributed by atoms with Crippen LogP contribution in [0.3, 0.4) is 0 Å². The van der Waals surface area contributed by atoms with Crippen LogP contribution in [0, 0.1) is 0 Å². The number of hydrogen-bond donors (Lipinski definition) is 2. The largest absolute Gasteiger partial charge is 0.491 e. The number of methoxy groups -OCH3 is 1. The Bertz CT molecular complexity index is 542. The van der Waals surface area contributed by atoms with Crippen molar-refractivity contribution in [2.24, 2.45) is 4.99 Å². The molecule has 1 aliphatic rings. The standard InChI is InChI=1S/C22H37N3O3/c1-3-23-22(24-14-7-15-27-20-8-5-4-6-9-20)25-18-19-10-12-21(13-11-19)28-17-16-26-2/h10-13,20H,3-9,14-18H2,1-2H3,(H2,23,24,25). The van der Waals surface area contributed by atoms with Gasteiger partial charge in [0.2, 0.25) is 0 Å². The van der Waals surface area contributed by atoms with Crippen molar-refractivity contribution in [2.45, 2.75) is 58.1 Å². The molecule has 158 valence electrons. The number of ether oxygens (including phenoxy) is 3. The highest BCUT2D eigenvalue weighted by molar-refractivity contribution is 5.79. The molecule has 6 heteroatoms. The fourth-order valence-electron chi connectivity index (χ4n) is 3.21. The Kier molecular flexibility index (Phi) is 11.4. The summed E-state index contributed by atoms with van der Waals surface area (Å²) in [6.07, 6.45) is 7.95. The van der Waals surface area contributed by atoms with Gasteiger partial charge in [0.05, 0.1) is 19.3 Å². The molecule has 0 aromatic heterocycles. The first-order valence-corrected chi connectivity index (χ1v) is 10.7. The predicted octanol–water partition coefficient (Wildman–Crippen LogP) is 3.51. The average molecular weight is 392 g/mol. The summed E-state index contributed by atoms with van der Waals surface area (Å²) in [4.78, 5) is 4.67. The van der Waals surface area contributed by atoms with Crippen molar-refractivity contribution in [3.05, 3.63) is 29.8 Å². The summed E-state index contributed by atoms with van der Waals surface area (Å²) in [5.74, 6) is 1.70. The van der Waals surface area contributed by atoms with Crippen LogP contribution in [0.15, 0.2) is 29.3 Å².